The maximum Gasteiger partial charge on any atom is 0.223 e. The smallest absolute Gasteiger partial charge is 0.223 e. The largest absolute Gasteiger partial charge is 0.336 e. The van der Waals surface area contributed by atoms with E-state index in [0.29, 0.717) is 5.91 Å². The summed E-state index contributed by atoms with van der Waals surface area (Å²) in [6.07, 6.45) is 9.52. The first-order valence-corrected chi connectivity index (χ1v) is 7.58. The van der Waals surface area contributed by atoms with E-state index in [-0.39, 0.29) is 11.6 Å². The van der Waals surface area contributed by atoms with Gasteiger partial charge in [0.15, 0.2) is 0 Å². The molecule has 2 fully saturated rings. The summed E-state index contributed by atoms with van der Waals surface area (Å²) in [5, 5.41) is 0. The monoisotopic (exact) mass is 252 g/mol. The van der Waals surface area contributed by atoms with Gasteiger partial charge in [-0.1, -0.05) is 32.1 Å². The highest BCUT2D eigenvalue weighted by molar-refractivity contribution is 5.77. The molecule has 0 radical (unpaired) electrons. The predicted molar refractivity (Wildman–Crippen MR) is 74.2 cm³/mol. The number of amides is 1. The Morgan fingerprint density at radius 3 is 2.44 bits per heavy atom. The minimum atomic E-state index is -0.149. The summed E-state index contributed by atoms with van der Waals surface area (Å²) in [6, 6.07) is 0.135. The lowest BCUT2D eigenvalue weighted by Crippen LogP contribution is -2.51. The Kier molecular flexibility index (Phi) is 4.31. The van der Waals surface area contributed by atoms with E-state index < -0.39 is 0 Å². The van der Waals surface area contributed by atoms with Gasteiger partial charge in [-0.2, -0.15) is 0 Å². The predicted octanol–water partition coefficient (Wildman–Crippen LogP) is 2.69. The highest BCUT2D eigenvalue weighted by Gasteiger charge is 2.41. The molecule has 1 saturated carbocycles. The van der Waals surface area contributed by atoms with Crippen LogP contribution in [0.15, 0.2) is 0 Å². The van der Waals surface area contributed by atoms with Crippen molar-refractivity contribution in [1.29, 1.82) is 0 Å². The molecule has 0 aromatic rings. The van der Waals surface area contributed by atoms with Crippen LogP contribution < -0.4 is 5.73 Å². The summed E-state index contributed by atoms with van der Waals surface area (Å²) in [5.74, 6) is 1.11. The van der Waals surface area contributed by atoms with Gasteiger partial charge in [-0.3, -0.25) is 4.79 Å². The average Bonchev–Trinajstić information content (AvgIpc) is 2.63. The van der Waals surface area contributed by atoms with Crippen molar-refractivity contribution in [3.63, 3.8) is 0 Å². The molecule has 2 aliphatic rings. The number of likely N-dealkylation sites (tertiary alicyclic amines) is 1. The lowest BCUT2D eigenvalue weighted by molar-refractivity contribution is -0.134. The standard InChI is InChI=1S/C15H28N2O/c1-15(2)13(16)10-11-17(15)14(18)9-8-12-6-4-3-5-7-12/h12-13H,3-11,16H2,1-2H3. The Morgan fingerprint density at radius 1 is 1.22 bits per heavy atom. The third-order valence-corrected chi connectivity index (χ3v) is 5.06. The van der Waals surface area contributed by atoms with Crippen LogP contribution in [0.2, 0.25) is 0 Å². The van der Waals surface area contributed by atoms with E-state index in [0.717, 1.165) is 31.7 Å². The Bertz CT molecular complexity index is 295. The van der Waals surface area contributed by atoms with E-state index in [4.69, 9.17) is 5.73 Å². The molecule has 1 unspecified atom stereocenters. The first kappa shape index (κ1) is 13.9. The summed E-state index contributed by atoms with van der Waals surface area (Å²) in [7, 11) is 0. The molecule has 3 nitrogen and oxygen atoms in total. The molecule has 18 heavy (non-hydrogen) atoms. The van der Waals surface area contributed by atoms with Gasteiger partial charge in [0.1, 0.15) is 0 Å². The summed E-state index contributed by atoms with van der Waals surface area (Å²) >= 11 is 0. The lowest BCUT2D eigenvalue weighted by atomic mass is 9.86. The van der Waals surface area contributed by atoms with Crippen molar-refractivity contribution in [2.45, 2.75) is 76.8 Å². The van der Waals surface area contributed by atoms with Crippen LogP contribution in [0.1, 0.15) is 65.2 Å². The minimum Gasteiger partial charge on any atom is -0.336 e. The van der Waals surface area contributed by atoms with Crippen LogP contribution in [0.25, 0.3) is 0 Å². The van der Waals surface area contributed by atoms with Crippen LogP contribution in [0.3, 0.4) is 0 Å². The second-order valence-corrected chi connectivity index (χ2v) is 6.64. The third kappa shape index (κ3) is 2.87. The first-order chi connectivity index (χ1) is 8.51. The van der Waals surface area contributed by atoms with E-state index in [9.17, 15) is 4.79 Å². The molecule has 1 aliphatic carbocycles. The summed E-state index contributed by atoms with van der Waals surface area (Å²) in [5.41, 5.74) is 5.94. The summed E-state index contributed by atoms with van der Waals surface area (Å²) in [6.45, 7) is 5.05. The van der Waals surface area contributed by atoms with Gasteiger partial charge in [-0.05, 0) is 32.6 Å². The maximum atomic E-state index is 12.3. The van der Waals surface area contributed by atoms with Crippen molar-refractivity contribution >= 4 is 5.91 Å². The number of carbonyl (C=O) groups excluding carboxylic acids is 1. The molecule has 1 heterocycles. The van der Waals surface area contributed by atoms with Crippen LogP contribution in [-0.2, 0) is 4.79 Å². The second-order valence-electron chi connectivity index (χ2n) is 6.64. The van der Waals surface area contributed by atoms with Gasteiger partial charge < -0.3 is 10.6 Å². The van der Waals surface area contributed by atoms with Gasteiger partial charge in [0.25, 0.3) is 0 Å². The van der Waals surface area contributed by atoms with Crippen molar-refractivity contribution in [3.05, 3.63) is 0 Å². The molecule has 3 heteroatoms. The molecule has 1 aliphatic heterocycles. The van der Waals surface area contributed by atoms with E-state index in [1.165, 1.54) is 32.1 Å². The van der Waals surface area contributed by atoms with E-state index in [1.807, 2.05) is 4.90 Å². The first-order valence-electron chi connectivity index (χ1n) is 7.58. The number of nitrogens with two attached hydrogens (primary N) is 1. The fraction of sp³-hybridized carbons (Fsp3) is 0.933. The van der Waals surface area contributed by atoms with Crippen LogP contribution in [-0.4, -0.2) is 28.9 Å². The van der Waals surface area contributed by atoms with Gasteiger partial charge in [0.05, 0.1) is 5.54 Å². The van der Waals surface area contributed by atoms with Crippen molar-refractivity contribution in [2.75, 3.05) is 6.54 Å². The van der Waals surface area contributed by atoms with Gasteiger partial charge in [0, 0.05) is 19.0 Å². The van der Waals surface area contributed by atoms with Crippen LogP contribution >= 0.6 is 0 Å². The molecular weight excluding hydrogens is 224 g/mol. The highest BCUT2D eigenvalue weighted by atomic mass is 16.2. The molecule has 1 saturated heterocycles. The zero-order valence-corrected chi connectivity index (χ0v) is 12.0. The van der Waals surface area contributed by atoms with Crippen LogP contribution in [0.5, 0.6) is 0 Å². The second kappa shape index (κ2) is 5.60. The van der Waals surface area contributed by atoms with Crippen molar-refractivity contribution in [1.82, 2.24) is 4.90 Å². The minimum absolute atomic E-state index is 0.135. The number of rotatable bonds is 3. The van der Waals surface area contributed by atoms with E-state index in [2.05, 4.69) is 13.8 Å². The normalized spacial score (nSPS) is 28.6. The number of hydrogen-bond acceptors (Lipinski definition) is 2. The molecule has 0 bridgehead atoms. The zero-order chi connectivity index (χ0) is 13.2. The van der Waals surface area contributed by atoms with Crippen molar-refractivity contribution in [3.8, 4) is 0 Å². The van der Waals surface area contributed by atoms with Crippen molar-refractivity contribution < 1.29 is 4.79 Å². The number of hydrogen-bond donors (Lipinski definition) is 1. The zero-order valence-electron chi connectivity index (χ0n) is 12.0. The Morgan fingerprint density at radius 2 is 1.89 bits per heavy atom. The molecular formula is C15H28N2O. The van der Waals surface area contributed by atoms with E-state index in [1.54, 1.807) is 0 Å². The van der Waals surface area contributed by atoms with Crippen LogP contribution in [0.4, 0.5) is 0 Å². The lowest BCUT2D eigenvalue weighted by Gasteiger charge is -2.35. The van der Waals surface area contributed by atoms with Gasteiger partial charge >= 0.3 is 0 Å². The van der Waals surface area contributed by atoms with Gasteiger partial charge in [-0.15, -0.1) is 0 Å². The number of nitrogens with zero attached hydrogens (tertiary/aromatic N) is 1. The summed E-state index contributed by atoms with van der Waals surface area (Å²) < 4.78 is 0. The molecule has 0 aromatic carbocycles. The summed E-state index contributed by atoms with van der Waals surface area (Å²) in [4.78, 5) is 14.3. The maximum absolute atomic E-state index is 12.3. The van der Waals surface area contributed by atoms with Crippen LogP contribution in [0, 0.1) is 5.92 Å². The van der Waals surface area contributed by atoms with Gasteiger partial charge in [0.2, 0.25) is 5.91 Å². The third-order valence-electron chi connectivity index (χ3n) is 5.06. The Hall–Kier alpha value is -0.570. The number of carbonyl (C=O) groups is 1. The molecule has 2 rings (SSSR count). The SMILES string of the molecule is CC1(C)C(N)CCN1C(=O)CCC1CCCCC1. The molecule has 2 N–H and O–H groups in total. The molecule has 1 amide bonds. The van der Waals surface area contributed by atoms with E-state index >= 15 is 0 Å². The Balaban J connectivity index is 1.81. The molecule has 1 atom stereocenters. The average molecular weight is 252 g/mol. The highest BCUT2D eigenvalue weighted by Crippen LogP contribution is 2.31. The topological polar surface area (TPSA) is 46.3 Å². The molecule has 104 valence electrons. The van der Waals surface area contributed by atoms with Gasteiger partial charge in [-0.25, -0.2) is 0 Å². The fourth-order valence-electron chi connectivity index (χ4n) is 3.49. The molecule has 0 spiro atoms. The fourth-order valence-corrected chi connectivity index (χ4v) is 3.49. The molecule has 0 aromatic heterocycles. The van der Waals surface area contributed by atoms with Crippen molar-refractivity contribution in [2.24, 2.45) is 11.7 Å². The Labute approximate surface area is 111 Å². The quantitative estimate of drug-likeness (QED) is 0.839.